The predicted octanol–water partition coefficient (Wildman–Crippen LogP) is 1.72. The minimum Gasteiger partial charge on any atom is -0.346 e. The molecular weight excluding hydrogens is 368 g/mol. The van der Waals surface area contributed by atoms with Gasteiger partial charge in [0, 0.05) is 23.8 Å². The van der Waals surface area contributed by atoms with Gasteiger partial charge in [-0.25, -0.2) is 4.98 Å². The Morgan fingerprint density at radius 3 is 2.66 bits per heavy atom. The summed E-state index contributed by atoms with van der Waals surface area (Å²) < 4.78 is 0. The van der Waals surface area contributed by atoms with E-state index in [2.05, 4.69) is 43.3 Å². The van der Waals surface area contributed by atoms with E-state index in [9.17, 15) is 9.59 Å². The fraction of sp³-hybridized carbons (Fsp3) is 0.238. The number of nitrogens with one attached hydrogen (secondary N) is 4. The Morgan fingerprint density at radius 1 is 1.10 bits per heavy atom. The number of hydrogen-bond acceptors (Lipinski definition) is 5. The van der Waals surface area contributed by atoms with Gasteiger partial charge in [0.2, 0.25) is 0 Å². The Hall–Kier alpha value is -3.52. The largest absolute Gasteiger partial charge is 0.346 e. The molecule has 0 saturated heterocycles. The number of aromatic nitrogens is 3. The SMILES string of the molecule is Cc1nc(-c2ccc(NC(=O)C(=O)NCC3NCCc4ccccc43)cc2)n[nH]1. The molecule has 1 aromatic heterocycles. The van der Waals surface area contributed by atoms with Gasteiger partial charge in [-0.1, -0.05) is 24.3 Å². The molecule has 1 atom stereocenters. The summed E-state index contributed by atoms with van der Waals surface area (Å²) in [7, 11) is 0. The first-order valence-electron chi connectivity index (χ1n) is 9.50. The number of aromatic amines is 1. The summed E-state index contributed by atoms with van der Waals surface area (Å²) in [6.07, 6.45) is 0.963. The lowest BCUT2D eigenvalue weighted by Crippen LogP contribution is -2.42. The van der Waals surface area contributed by atoms with Gasteiger partial charge in [0.1, 0.15) is 5.82 Å². The summed E-state index contributed by atoms with van der Waals surface area (Å²) in [5, 5.41) is 15.6. The second-order valence-corrected chi connectivity index (χ2v) is 6.94. The lowest BCUT2D eigenvalue weighted by atomic mass is 9.94. The minimum atomic E-state index is -0.699. The number of aryl methyl sites for hydroxylation is 1. The van der Waals surface area contributed by atoms with E-state index in [4.69, 9.17) is 0 Å². The van der Waals surface area contributed by atoms with Crippen LogP contribution in [0, 0.1) is 6.92 Å². The number of nitrogens with zero attached hydrogens (tertiary/aromatic N) is 2. The molecule has 0 fully saturated rings. The summed E-state index contributed by atoms with van der Waals surface area (Å²) in [5.74, 6) is -0.0541. The van der Waals surface area contributed by atoms with Crippen LogP contribution in [0.5, 0.6) is 0 Å². The van der Waals surface area contributed by atoms with Crippen LogP contribution in [-0.4, -0.2) is 40.1 Å². The zero-order valence-electron chi connectivity index (χ0n) is 16.0. The number of hydrogen-bond donors (Lipinski definition) is 4. The highest BCUT2D eigenvalue weighted by Gasteiger charge is 2.21. The van der Waals surface area contributed by atoms with E-state index >= 15 is 0 Å². The highest BCUT2D eigenvalue weighted by Crippen LogP contribution is 2.22. The van der Waals surface area contributed by atoms with Gasteiger partial charge in [-0.15, -0.1) is 0 Å². The first-order chi connectivity index (χ1) is 14.1. The quantitative estimate of drug-likeness (QED) is 0.507. The topological polar surface area (TPSA) is 112 Å². The monoisotopic (exact) mass is 390 g/mol. The first kappa shape index (κ1) is 18.8. The zero-order valence-corrected chi connectivity index (χ0v) is 16.0. The molecule has 2 heterocycles. The lowest BCUT2D eigenvalue weighted by molar-refractivity contribution is -0.136. The van der Waals surface area contributed by atoms with E-state index in [1.807, 2.05) is 19.1 Å². The predicted molar refractivity (Wildman–Crippen MR) is 109 cm³/mol. The maximum absolute atomic E-state index is 12.2. The number of anilines is 1. The summed E-state index contributed by atoms with van der Waals surface area (Å²) >= 11 is 0. The molecule has 0 saturated carbocycles. The summed E-state index contributed by atoms with van der Waals surface area (Å²) in [5.41, 5.74) is 3.79. The van der Waals surface area contributed by atoms with Crippen LogP contribution in [0.4, 0.5) is 5.69 Å². The second kappa shape index (κ2) is 8.24. The molecular formula is C21H22N6O2. The second-order valence-electron chi connectivity index (χ2n) is 6.94. The average molecular weight is 390 g/mol. The zero-order chi connectivity index (χ0) is 20.2. The molecule has 29 heavy (non-hydrogen) atoms. The van der Waals surface area contributed by atoms with Gasteiger partial charge >= 0.3 is 11.8 Å². The summed E-state index contributed by atoms with van der Waals surface area (Å²) in [6.45, 7) is 3.03. The molecule has 0 radical (unpaired) electrons. The van der Waals surface area contributed by atoms with Gasteiger partial charge in [-0.3, -0.25) is 14.7 Å². The molecule has 8 heteroatoms. The number of benzene rings is 2. The van der Waals surface area contributed by atoms with E-state index in [0.29, 0.717) is 18.1 Å². The molecule has 2 aromatic carbocycles. The van der Waals surface area contributed by atoms with Crippen molar-refractivity contribution in [1.29, 1.82) is 0 Å². The standard InChI is InChI=1S/C21H22N6O2/c1-13-24-19(27-26-13)15-6-8-16(9-7-15)25-21(29)20(28)23-12-18-17-5-3-2-4-14(17)10-11-22-18/h2-9,18,22H,10-12H2,1H3,(H,23,28)(H,25,29)(H,24,26,27). The van der Waals surface area contributed by atoms with Crippen molar-refractivity contribution in [2.45, 2.75) is 19.4 Å². The molecule has 1 unspecified atom stereocenters. The molecule has 148 valence electrons. The van der Waals surface area contributed by atoms with E-state index < -0.39 is 11.8 Å². The number of H-pyrrole nitrogens is 1. The molecule has 2 amide bonds. The van der Waals surface area contributed by atoms with Crippen LogP contribution in [0.15, 0.2) is 48.5 Å². The number of carbonyl (C=O) groups excluding carboxylic acids is 2. The van der Waals surface area contributed by atoms with Crippen molar-refractivity contribution in [2.75, 3.05) is 18.4 Å². The van der Waals surface area contributed by atoms with Gasteiger partial charge in [-0.05, 0) is 55.3 Å². The minimum absolute atomic E-state index is 0.000732. The van der Waals surface area contributed by atoms with Crippen LogP contribution in [0.1, 0.15) is 23.0 Å². The van der Waals surface area contributed by atoms with E-state index in [-0.39, 0.29) is 6.04 Å². The fourth-order valence-corrected chi connectivity index (χ4v) is 3.41. The van der Waals surface area contributed by atoms with Gasteiger partial charge in [0.05, 0.1) is 0 Å². The number of amides is 2. The van der Waals surface area contributed by atoms with Gasteiger partial charge in [0.15, 0.2) is 5.82 Å². The van der Waals surface area contributed by atoms with Crippen molar-refractivity contribution in [3.63, 3.8) is 0 Å². The molecule has 1 aliphatic heterocycles. The van der Waals surface area contributed by atoms with Crippen LogP contribution in [0.2, 0.25) is 0 Å². The molecule has 0 aliphatic carbocycles. The summed E-state index contributed by atoms with van der Waals surface area (Å²) in [6, 6.07) is 15.2. The maximum atomic E-state index is 12.2. The number of carbonyl (C=O) groups is 2. The normalized spacial score (nSPS) is 15.4. The van der Waals surface area contributed by atoms with Crippen molar-refractivity contribution >= 4 is 17.5 Å². The van der Waals surface area contributed by atoms with Gasteiger partial charge in [0.25, 0.3) is 0 Å². The van der Waals surface area contributed by atoms with E-state index in [1.54, 1.807) is 24.3 Å². The smallest absolute Gasteiger partial charge is 0.313 e. The van der Waals surface area contributed by atoms with Gasteiger partial charge < -0.3 is 16.0 Å². The molecule has 0 bridgehead atoms. The summed E-state index contributed by atoms with van der Waals surface area (Å²) in [4.78, 5) is 28.7. The van der Waals surface area contributed by atoms with Crippen molar-refractivity contribution in [1.82, 2.24) is 25.8 Å². The molecule has 3 aromatic rings. The molecule has 4 rings (SSSR count). The first-order valence-corrected chi connectivity index (χ1v) is 9.50. The fourth-order valence-electron chi connectivity index (χ4n) is 3.41. The van der Waals surface area contributed by atoms with Gasteiger partial charge in [-0.2, -0.15) is 5.10 Å². The van der Waals surface area contributed by atoms with Crippen LogP contribution in [0.25, 0.3) is 11.4 Å². The lowest BCUT2D eigenvalue weighted by Gasteiger charge is -2.27. The van der Waals surface area contributed by atoms with Crippen molar-refractivity contribution in [2.24, 2.45) is 0 Å². The Balaban J connectivity index is 1.33. The maximum Gasteiger partial charge on any atom is 0.313 e. The van der Waals surface area contributed by atoms with Crippen LogP contribution in [0.3, 0.4) is 0 Å². The van der Waals surface area contributed by atoms with E-state index in [1.165, 1.54) is 5.56 Å². The number of rotatable bonds is 4. The Labute approximate surface area is 168 Å². The van der Waals surface area contributed by atoms with E-state index in [0.717, 1.165) is 29.9 Å². The van der Waals surface area contributed by atoms with Crippen molar-refractivity contribution in [3.05, 3.63) is 65.5 Å². The van der Waals surface area contributed by atoms with Crippen LogP contribution >= 0.6 is 0 Å². The number of fused-ring (bicyclic) bond motifs is 1. The molecule has 0 spiro atoms. The highest BCUT2D eigenvalue weighted by molar-refractivity contribution is 6.39. The van der Waals surface area contributed by atoms with Crippen LogP contribution in [-0.2, 0) is 16.0 Å². The Morgan fingerprint density at radius 2 is 1.90 bits per heavy atom. The third kappa shape index (κ3) is 4.33. The van der Waals surface area contributed by atoms with Crippen molar-refractivity contribution < 1.29 is 9.59 Å². The Kier molecular flexibility index (Phi) is 5.35. The third-order valence-electron chi connectivity index (χ3n) is 4.89. The highest BCUT2D eigenvalue weighted by atomic mass is 16.2. The Bertz CT molecular complexity index is 1030. The third-order valence-corrected chi connectivity index (χ3v) is 4.89. The van der Waals surface area contributed by atoms with Crippen molar-refractivity contribution in [3.8, 4) is 11.4 Å². The molecule has 8 nitrogen and oxygen atoms in total. The average Bonchev–Trinajstić information content (AvgIpc) is 3.18. The molecule has 1 aliphatic rings. The van der Waals surface area contributed by atoms with Crippen LogP contribution < -0.4 is 16.0 Å². The molecule has 4 N–H and O–H groups in total.